The molecule has 0 radical (unpaired) electrons. The van der Waals surface area contributed by atoms with E-state index in [9.17, 15) is 9.59 Å². The van der Waals surface area contributed by atoms with E-state index in [0.717, 1.165) is 21.8 Å². The number of amides is 3. The van der Waals surface area contributed by atoms with E-state index in [1.165, 1.54) is 22.7 Å². The molecule has 3 aromatic rings. The normalized spacial score (nSPS) is 13.1. The molecule has 0 fully saturated rings. The summed E-state index contributed by atoms with van der Waals surface area (Å²) >= 11 is 2.83. The standard InChI is InChI=1S/C19H18N4O2S2/c1-12-5-2-3-6-13(12)21-19(25)23-9-8-14-16(11-23)27-18(20-14)22-17(24)15-7-4-10-26-15/h2-7,10H,8-9,11H2,1H3,(H,21,25)(H,20,22,24). The van der Waals surface area contributed by atoms with Gasteiger partial charge in [0.25, 0.3) is 5.91 Å². The maximum atomic E-state index is 12.6. The summed E-state index contributed by atoms with van der Waals surface area (Å²) in [5.41, 5.74) is 2.81. The second-order valence-electron chi connectivity index (χ2n) is 6.24. The Labute approximate surface area is 164 Å². The summed E-state index contributed by atoms with van der Waals surface area (Å²) in [7, 11) is 0. The van der Waals surface area contributed by atoms with Crippen LogP contribution < -0.4 is 10.6 Å². The number of carbonyl (C=O) groups excluding carboxylic acids is 2. The van der Waals surface area contributed by atoms with Crippen molar-refractivity contribution >= 4 is 45.4 Å². The van der Waals surface area contributed by atoms with Crippen LogP contribution in [0.2, 0.25) is 0 Å². The van der Waals surface area contributed by atoms with Crippen LogP contribution in [0.5, 0.6) is 0 Å². The minimum Gasteiger partial charge on any atom is -0.319 e. The summed E-state index contributed by atoms with van der Waals surface area (Å²) in [6.45, 7) is 3.07. The molecule has 6 nitrogen and oxygen atoms in total. The number of urea groups is 1. The summed E-state index contributed by atoms with van der Waals surface area (Å²) in [6, 6.07) is 11.2. The average Bonchev–Trinajstić information content (AvgIpc) is 3.32. The first-order valence-electron chi connectivity index (χ1n) is 8.55. The molecule has 4 rings (SSSR count). The van der Waals surface area contributed by atoms with Crippen LogP contribution >= 0.6 is 22.7 Å². The van der Waals surface area contributed by atoms with Crippen LogP contribution in [0.1, 0.15) is 25.8 Å². The van der Waals surface area contributed by atoms with Crippen LogP contribution in [0.25, 0.3) is 0 Å². The van der Waals surface area contributed by atoms with Crippen molar-refractivity contribution < 1.29 is 9.59 Å². The second-order valence-corrected chi connectivity index (χ2v) is 8.27. The predicted octanol–water partition coefficient (Wildman–Crippen LogP) is 4.36. The van der Waals surface area contributed by atoms with Gasteiger partial charge < -0.3 is 10.2 Å². The highest BCUT2D eigenvalue weighted by molar-refractivity contribution is 7.16. The van der Waals surface area contributed by atoms with E-state index in [4.69, 9.17) is 0 Å². The van der Waals surface area contributed by atoms with Gasteiger partial charge in [0.15, 0.2) is 5.13 Å². The van der Waals surface area contributed by atoms with E-state index in [2.05, 4.69) is 15.6 Å². The molecule has 2 aromatic heterocycles. The van der Waals surface area contributed by atoms with Crippen LogP contribution in [0, 0.1) is 6.92 Å². The lowest BCUT2D eigenvalue weighted by atomic mass is 10.2. The van der Waals surface area contributed by atoms with Gasteiger partial charge >= 0.3 is 6.03 Å². The third-order valence-corrected chi connectivity index (χ3v) is 6.24. The van der Waals surface area contributed by atoms with E-state index >= 15 is 0 Å². The minimum atomic E-state index is -0.148. The molecule has 0 saturated carbocycles. The number of thiazole rings is 1. The number of aryl methyl sites for hydroxylation is 1. The average molecular weight is 399 g/mol. The molecular weight excluding hydrogens is 380 g/mol. The number of anilines is 2. The van der Waals surface area contributed by atoms with Crippen molar-refractivity contribution in [3.05, 3.63) is 62.8 Å². The van der Waals surface area contributed by atoms with Gasteiger partial charge in [0.1, 0.15) is 0 Å². The van der Waals surface area contributed by atoms with Crippen LogP contribution in [0.3, 0.4) is 0 Å². The number of hydrogen-bond acceptors (Lipinski definition) is 5. The topological polar surface area (TPSA) is 74.3 Å². The zero-order valence-corrected chi connectivity index (χ0v) is 16.3. The van der Waals surface area contributed by atoms with Crippen molar-refractivity contribution in [1.82, 2.24) is 9.88 Å². The number of carbonyl (C=O) groups is 2. The number of fused-ring (bicyclic) bond motifs is 1. The van der Waals surface area contributed by atoms with Crippen molar-refractivity contribution in [3.8, 4) is 0 Å². The minimum absolute atomic E-state index is 0.118. The molecule has 0 saturated heterocycles. The maximum absolute atomic E-state index is 12.6. The van der Waals surface area contributed by atoms with Crippen LogP contribution in [-0.2, 0) is 13.0 Å². The number of para-hydroxylation sites is 1. The molecule has 0 bridgehead atoms. The highest BCUT2D eigenvalue weighted by Crippen LogP contribution is 2.29. The first kappa shape index (κ1) is 17.7. The molecule has 0 atom stereocenters. The summed E-state index contributed by atoms with van der Waals surface area (Å²) < 4.78 is 0. The fourth-order valence-corrected chi connectivity index (χ4v) is 4.53. The number of aromatic nitrogens is 1. The highest BCUT2D eigenvalue weighted by Gasteiger charge is 2.25. The molecule has 0 spiro atoms. The van der Waals surface area contributed by atoms with E-state index in [1.807, 2.05) is 42.6 Å². The fourth-order valence-electron chi connectivity index (χ4n) is 2.90. The summed E-state index contributed by atoms with van der Waals surface area (Å²) in [5.74, 6) is -0.148. The zero-order valence-electron chi connectivity index (χ0n) is 14.7. The van der Waals surface area contributed by atoms with Gasteiger partial charge in [0.2, 0.25) is 0 Å². The molecule has 27 heavy (non-hydrogen) atoms. The fraction of sp³-hybridized carbons (Fsp3) is 0.211. The van der Waals surface area contributed by atoms with Crippen molar-refractivity contribution in [3.63, 3.8) is 0 Å². The lowest BCUT2D eigenvalue weighted by Gasteiger charge is -2.26. The molecule has 1 aliphatic rings. The SMILES string of the molecule is Cc1ccccc1NC(=O)N1CCc2nc(NC(=O)c3cccs3)sc2C1. The Balaban J connectivity index is 1.42. The molecule has 2 N–H and O–H groups in total. The molecule has 3 heterocycles. The largest absolute Gasteiger partial charge is 0.322 e. The van der Waals surface area contributed by atoms with Gasteiger partial charge in [0, 0.05) is 23.5 Å². The van der Waals surface area contributed by atoms with Crippen molar-refractivity contribution in [1.29, 1.82) is 0 Å². The van der Waals surface area contributed by atoms with Gasteiger partial charge in [-0.15, -0.1) is 11.3 Å². The molecule has 0 aliphatic carbocycles. The summed E-state index contributed by atoms with van der Waals surface area (Å²) in [4.78, 5) is 32.8. The highest BCUT2D eigenvalue weighted by atomic mass is 32.1. The first-order valence-corrected chi connectivity index (χ1v) is 10.2. The number of rotatable bonds is 3. The Morgan fingerprint density at radius 2 is 2.00 bits per heavy atom. The third-order valence-electron chi connectivity index (χ3n) is 4.37. The van der Waals surface area contributed by atoms with Crippen LogP contribution in [0.4, 0.5) is 15.6 Å². The second kappa shape index (κ2) is 7.50. The third kappa shape index (κ3) is 3.86. The number of nitrogens with zero attached hydrogens (tertiary/aromatic N) is 2. The summed E-state index contributed by atoms with van der Waals surface area (Å²) in [6.07, 6.45) is 0.682. The Morgan fingerprint density at radius 1 is 1.15 bits per heavy atom. The number of hydrogen-bond donors (Lipinski definition) is 2. The lowest BCUT2D eigenvalue weighted by Crippen LogP contribution is -2.38. The zero-order chi connectivity index (χ0) is 18.8. The quantitative estimate of drug-likeness (QED) is 0.689. The Hall–Kier alpha value is -2.71. The van der Waals surface area contributed by atoms with Gasteiger partial charge in [-0.25, -0.2) is 9.78 Å². The Morgan fingerprint density at radius 3 is 2.78 bits per heavy atom. The smallest absolute Gasteiger partial charge is 0.319 e. The van der Waals surface area contributed by atoms with Crippen LogP contribution in [-0.4, -0.2) is 28.4 Å². The number of nitrogens with one attached hydrogen (secondary N) is 2. The molecule has 138 valence electrons. The van der Waals surface area contributed by atoms with Gasteiger partial charge in [-0.1, -0.05) is 35.6 Å². The van der Waals surface area contributed by atoms with E-state index in [-0.39, 0.29) is 11.9 Å². The Kier molecular flexibility index (Phi) is 4.91. The van der Waals surface area contributed by atoms with E-state index < -0.39 is 0 Å². The Bertz CT molecular complexity index is 982. The number of benzene rings is 1. The van der Waals surface area contributed by atoms with Gasteiger partial charge in [-0.2, -0.15) is 0 Å². The number of thiophene rings is 1. The molecule has 8 heteroatoms. The molecule has 1 aromatic carbocycles. The van der Waals surface area contributed by atoms with Gasteiger partial charge in [0.05, 0.1) is 17.1 Å². The van der Waals surface area contributed by atoms with Crippen molar-refractivity contribution in [2.24, 2.45) is 0 Å². The monoisotopic (exact) mass is 398 g/mol. The van der Waals surface area contributed by atoms with Crippen molar-refractivity contribution in [2.45, 2.75) is 19.9 Å². The van der Waals surface area contributed by atoms with Gasteiger partial charge in [-0.05, 0) is 30.0 Å². The maximum Gasteiger partial charge on any atom is 0.322 e. The van der Waals surface area contributed by atoms with E-state index in [1.54, 1.807) is 11.0 Å². The van der Waals surface area contributed by atoms with Crippen LogP contribution in [0.15, 0.2) is 41.8 Å². The van der Waals surface area contributed by atoms with Crippen molar-refractivity contribution in [2.75, 3.05) is 17.2 Å². The first-order chi connectivity index (χ1) is 13.1. The lowest BCUT2D eigenvalue weighted by molar-refractivity contribution is 0.103. The molecule has 1 aliphatic heterocycles. The van der Waals surface area contributed by atoms with E-state index in [0.29, 0.717) is 29.5 Å². The molecule has 0 unspecified atom stereocenters. The summed E-state index contributed by atoms with van der Waals surface area (Å²) in [5, 5.41) is 8.27. The molecular formula is C19H18N4O2S2. The predicted molar refractivity (Wildman–Crippen MR) is 109 cm³/mol. The van der Waals surface area contributed by atoms with Gasteiger partial charge in [-0.3, -0.25) is 10.1 Å². The molecule has 3 amide bonds.